The standard InChI is InChI=1S/C13H29NO2/c1-10(2)6-5-7-16-13(9-15)12(14)8-11(3)4/h10-13,15H,5-9,14H2,1-4H3. The van der Waals surface area contributed by atoms with Gasteiger partial charge in [-0.15, -0.1) is 0 Å². The Morgan fingerprint density at radius 3 is 2.19 bits per heavy atom. The summed E-state index contributed by atoms with van der Waals surface area (Å²) in [7, 11) is 0. The molecule has 0 aliphatic carbocycles. The van der Waals surface area contributed by atoms with E-state index in [0.29, 0.717) is 18.4 Å². The van der Waals surface area contributed by atoms with Crippen LogP contribution in [0.1, 0.15) is 47.0 Å². The van der Waals surface area contributed by atoms with E-state index in [1.165, 1.54) is 0 Å². The molecule has 2 unspecified atom stereocenters. The van der Waals surface area contributed by atoms with Crippen molar-refractivity contribution in [3.8, 4) is 0 Å². The van der Waals surface area contributed by atoms with Crippen LogP contribution < -0.4 is 5.73 Å². The van der Waals surface area contributed by atoms with E-state index in [9.17, 15) is 5.11 Å². The Labute approximate surface area is 100 Å². The van der Waals surface area contributed by atoms with E-state index in [2.05, 4.69) is 27.7 Å². The average molecular weight is 231 g/mol. The van der Waals surface area contributed by atoms with Crippen LogP contribution in [0.15, 0.2) is 0 Å². The minimum atomic E-state index is -0.199. The largest absolute Gasteiger partial charge is 0.394 e. The van der Waals surface area contributed by atoms with E-state index in [4.69, 9.17) is 10.5 Å². The van der Waals surface area contributed by atoms with Crippen LogP contribution in [0.3, 0.4) is 0 Å². The summed E-state index contributed by atoms with van der Waals surface area (Å²) in [5, 5.41) is 9.21. The molecular formula is C13H29NO2. The lowest BCUT2D eigenvalue weighted by atomic mass is 10.0. The molecule has 2 atom stereocenters. The lowest BCUT2D eigenvalue weighted by molar-refractivity contribution is -0.00810. The molecule has 3 heteroatoms. The maximum absolute atomic E-state index is 9.21. The Hall–Kier alpha value is -0.120. The average Bonchev–Trinajstić information content (AvgIpc) is 2.16. The molecule has 0 aromatic rings. The van der Waals surface area contributed by atoms with Gasteiger partial charge in [0.15, 0.2) is 0 Å². The van der Waals surface area contributed by atoms with Crippen molar-refractivity contribution in [2.45, 2.75) is 59.1 Å². The lowest BCUT2D eigenvalue weighted by Gasteiger charge is -2.24. The number of hydrogen-bond acceptors (Lipinski definition) is 3. The first-order valence-electron chi connectivity index (χ1n) is 6.45. The van der Waals surface area contributed by atoms with E-state index in [1.807, 2.05) is 0 Å². The highest BCUT2D eigenvalue weighted by atomic mass is 16.5. The molecule has 0 spiro atoms. The molecule has 0 amide bonds. The molecule has 0 aliphatic rings. The highest BCUT2D eigenvalue weighted by molar-refractivity contribution is 4.74. The van der Waals surface area contributed by atoms with Gasteiger partial charge in [0.05, 0.1) is 12.7 Å². The summed E-state index contributed by atoms with van der Waals surface area (Å²) in [4.78, 5) is 0. The first-order chi connectivity index (χ1) is 7.47. The second kappa shape index (κ2) is 8.97. The van der Waals surface area contributed by atoms with Gasteiger partial charge >= 0.3 is 0 Å². The zero-order valence-corrected chi connectivity index (χ0v) is 11.3. The third-order valence-corrected chi connectivity index (χ3v) is 2.66. The van der Waals surface area contributed by atoms with Gasteiger partial charge in [0, 0.05) is 12.6 Å². The van der Waals surface area contributed by atoms with Crippen molar-refractivity contribution < 1.29 is 9.84 Å². The fraction of sp³-hybridized carbons (Fsp3) is 1.00. The summed E-state index contributed by atoms with van der Waals surface area (Å²) < 4.78 is 5.63. The van der Waals surface area contributed by atoms with Gasteiger partial charge in [0.25, 0.3) is 0 Å². The Morgan fingerprint density at radius 1 is 1.12 bits per heavy atom. The van der Waals surface area contributed by atoms with Crippen molar-refractivity contribution in [1.82, 2.24) is 0 Å². The zero-order valence-electron chi connectivity index (χ0n) is 11.3. The van der Waals surface area contributed by atoms with Crippen LogP contribution >= 0.6 is 0 Å². The van der Waals surface area contributed by atoms with Gasteiger partial charge in [-0.3, -0.25) is 0 Å². The summed E-state index contributed by atoms with van der Waals surface area (Å²) in [6.45, 7) is 9.40. The molecule has 0 heterocycles. The van der Waals surface area contributed by atoms with Crippen LogP contribution in [0.2, 0.25) is 0 Å². The van der Waals surface area contributed by atoms with Crippen molar-refractivity contribution in [3.63, 3.8) is 0 Å². The lowest BCUT2D eigenvalue weighted by Crippen LogP contribution is -2.40. The number of rotatable bonds is 9. The summed E-state index contributed by atoms with van der Waals surface area (Å²) >= 11 is 0. The van der Waals surface area contributed by atoms with E-state index >= 15 is 0 Å². The smallest absolute Gasteiger partial charge is 0.0956 e. The number of aliphatic hydroxyl groups excluding tert-OH is 1. The molecule has 0 aliphatic heterocycles. The fourth-order valence-corrected chi connectivity index (χ4v) is 1.73. The van der Waals surface area contributed by atoms with Crippen molar-refractivity contribution in [1.29, 1.82) is 0 Å². The summed E-state index contributed by atoms with van der Waals surface area (Å²) in [6, 6.07) is -0.0518. The second-order valence-electron chi connectivity index (χ2n) is 5.42. The molecule has 0 aromatic heterocycles. The predicted octanol–water partition coefficient (Wildman–Crippen LogP) is 2.17. The van der Waals surface area contributed by atoms with Crippen molar-refractivity contribution in [2.75, 3.05) is 13.2 Å². The molecule has 0 aromatic carbocycles. The van der Waals surface area contributed by atoms with E-state index < -0.39 is 0 Å². The van der Waals surface area contributed by atoms with Crippen molar-refractivity contribution in [2.24, 2.45) is 17.6 Å². The van der Waals surface area contributed by atoms with E-state index in [1.54, 1.807) is 0 Å². The van der Waals surface area contributed by atoms with Crippen LogP contribution in [-0.4, -0.2) is 30.5 Å². The number of nitrogens with two attached hydrogens (primary N) is 1. The Bertz CT molecular complexity index is 160. The number of aliphatic hydroxyl groups is 1. The van der Waals surface area contributed by atoms with Gasteiger partial charge in [-0.1, -0.05) is 27.7 Å². The minimum absolute atomic E-state index is 0.0234. The molecule has 16 heavy (non-hydrogen) atoms. The van der Waals surface area contributed by atoms with Gasteiger partial charge in [0.2, 0.25) is 0 Å². The van der Waals surface area contributed by atoms with Gasteiger partial charge in [-0.25, -0.2) is 0 Å². The molecule has 0 radical (unpaired) electrons. The molecule has 0 saturated carbocycles. The zero-order chi connectivity index (χ0) is 12.6. The fourth-order valence-electron chi connectivity index (χ4n) is 1.73. The van der Waals surface area contributed by atoms with E-state index in [-0.39, 0.29) is 18.8 Å². The molecule has 0 fully saturated rings. The topological polar surface area (TPSA) is 55.5 Å². The maximum atomic E-state index is 9.21. The number of ether oxygens (including phenoxy) is 1. The van der Waals surface area contributed by atoms with Gasteiger partial charge in [0.1, 0.15) is 0 Å². The van der Waals surface area contributed by atoms with E-state index in [0.717, 1.165) is 19.3 Å². The van der Waals surface area contributed by atoms with Crippen LogP contribution in [0.25, 0.3) is 0 Å². The minimum Gasteiger partial charge on any atom is -0.394 e. The summed E-state index contributed by atoms with van der Waals surface area (Å²) in [6.07, 6.45) is 2.91. The third-order valence-electron chi connectivity index (χ3n) is 2.66. The van der Waals surface area contributed by atoms with Crippen molar-refractivity contribution in [3.05, 3.63) is 0 Å². The maximum Gasteiger partial charge on any atom is 0.0956 e. The first-order valence-corrected chi connectivity index (χ1v) is 6.45. The third kappa shape index (κ3) is 8.08. The van der Waals surface area contributed by atoms with Crippen molar-refractivity contribution >= 4 is 0 Å². The summed E-state index contributed by atoms with van der Waals surface area (Å²) in [5.74, 6) is 1.25. The monoisotopic (exact) mass is 231 g/mol. The quantitative estimate of drug-likeness (QED) is 0.598. The molecular weight excluding hydrogens is 202 g/mol. The molecule has 3 N–H and O–H groups in total. The Balaban J connectivity index is 3.73. The van der Waals surface area contributed by atoms with Gasteiger partial charge < -0.3 is 15.6 Å². The normalized spacial score (nSPS) is 15.8. The summed E-state index contributed by atoms with van der Waals surface area (Å²) in [5.41, 5.74) is 5.99. The predicted molar refractivity (Wildman–Crippen MR) is 68.3 cm³/mol. The van der Waals surface area contributed by atoms with Crippen LogP contribution in [0.4, 0.5) is 0 Å². The Morgan fingerprint density at radius 2 is 1.75 bits per heavy atom. The SMILES string of the molecule is CC(C)CCCOC(CO)C(N)CC(C)C. The van der Waals surface area contributed by atoms with Crippen LogP contribution in [-0.2, 0) is 4.74 Å². The molecule has 3 nitrogen and oxygen atoms in total. The highest BCUT2D eigenvalue weighted by Crippen LogP contribution is 2.10. The van der Waals surface area contributed by atoms with Crippen LogP contribution in [0.5, 0.6) is 0 Å². The highest BCUT2D eigenvalue weighted by Gasteiger charge is 2.18. The number of hydrogen-bond donors (Lipinski definition) is 2. The Kier molecular flexibility index (Phi) is 8.90. The molecule has 0 saturated heterocycles. The molecule has 0 rings (SSSR count). The first kappa shape index (κ1) is 15.9. The van der Waals surface area contributed by atoms with Gasteiger partial charge in [-0.05, 0) is 31.1 Å². The molecule has 98 valence electrons. The second-order valence-corrected chi connectivity index (χ2v) is 5.42. The van der Waals surface area contributed by atoms with Crippen LogP contribution in [0, 0.1) is 11.8 Å². The molecule has 0 bridgehead atoms. The van der Waals surface area contributed by atoms with Gasteiger partial charge in [-0.2, -0.15) is 0 Å².